The van der Waals surface area contributed by atoms with Crippen LogP contribution in [0.25, 0.3) is 0 Å². The largest absolute Gasteiger partial charge is 0.0898 e. The van der Waals surface area contributed by atoms with E-state index in [0.717, 1.165) is 0 Å². The first kappa shape index (κ1) is 9.05. The van der Waals surface area contributed by atoms with Crippen molar-refractivity contribution in [2.45, 2.75) is 23.1 Å². The highest BCUT2D eigenvalue weighted by molar-refractivity contribution is 7.99. The maximum atomic E-state index is 2.29. The minimum Gasteiger partial charge on any atom is -0.0898 e. The zero-order chi connectivity index (χ0) is 10.3. The number of aryl methyl sites for hydroxylation is 1. The molecule has 0 fully saturated rings. The number of hydrogen-bond donors (Lipinski definition) is 0. The summed E-state index contributed by atoms with van der Waals surface area (Å²) in [5, 5.41) is 0. The molecule has 0 saturated heterocycles. The fraction of sp³-hybridized carbons (Fsp3) is 0.143. The van der Waals surface area contributed by atoms with E-state index in [1.165, 1.54) is 32.9 Å². The summed E-state index contributed by atoms with van der Waals surface area (Å²) in [6, 6.07) is 15.5. The molecule has 15 heavy (non-hydrogen) atoms. The Labute approximate surface area is 94.3 Å². The average molecular weight is 212 g/mol. The van der Waals surface area contributed by atoms with Gasteiger partial charge in [0.15, 0.2) is 0 Å². The van der Waals surface area contributed by atoms with Gasteiger partial charge in [-0.1, -0.05) is 41.6 Å². The lowest BCUT2D eigenvalue weighted by Crippen LogP contribution is -2.01. The van der Waals surface area contributed by atoms with E-state index < -0.39 is 0 Å². The molecule has 0 spiro atoms. The summed E-state index contributed by atoms with van der Waals surface area (Å²) in [4.78, 5) is 2.74. The molecule has 0 nitrogen and oxygen atoms in total. The Morgan fingerprint density at radius 2 is 1.73 bits per heavy atom. The third-order valence-corrected chi connectivity index (χ3v) is 3.89. The molecule has 4 rings (SSSR count). The van der Waals surface area contributed by atoms with Crippen molar-refractivity contribution in [1.29, 1.82) is 0 Å². The van der Waals surface area contributed by atoms with Crippen LogP contribution >= 0.6 is 11.8 Å². The first-order valence-corrected chi connectivity index (χ1v) is 5.99. The van der Waals surface area contributed by atoms with Gasteiger partial charge in [0.05, 0.1) is 0 Å². The normalized spacial score (nSPS) is 12.3. The van der Waals surface area contributed by atoms with Crippen molar-refractivity contribution < 1.29 is 0 Å². The van der Waals surface area contributed by atoms with Gasteiger partial charge in [-0.3, -0.25) is 0 Å². The van der Waals surface area contributed by atoms with Crippen LogP contribution in [0, 0.1) is 6.92 Å². The van der Waals surface area contributed by atoms with Crippen molar-refractivity contribution >= 4 is 11.8 Å². The van der Waals surface area contributed by atoms with Crippen LogP contribution in [0.3, 0.4) is 0 Å². The predicted molar refractivity (Wildman–Crippen MR) is 64.6 cm³/mol. The van der Waals surface area contributed by atoms with Gasteiger partial charge in [-0.25, -0.2) is 0 Å². The SMILES string of the molecule is Cc1ccc(Sc2ccc3cc2C3)cc1. The van der Waals surface area contributed by atoms with Gasteiger partial charge in [-0.05, 0) is 42.7 Å². The van der Waals surface area contributed by atoms with Crippen LogP contribution in [0.1, 0.15) is 16.7 Å². The van der Waals surface area contributed by atoms with Crippen LogP contribution in [-0.4, -0.2) is 0 Å². The van der Waals surface area contributed by atoms with Gasteiger partial charge >= 0.3 is 0 Å². The maximum absolute atomic E-state index is 2.29. The van der Waals surface area contributed by atoms with Crippen molar-refractivity contribution in [3.05, 3.63) is 59.2 Å². The summed E-state index contributed by atoms with van der Waals surface area (Å²) in [5.74, 6) is 0. The fourth-order valence-electron chi connectivity index (χ4n) is 1.80. The predicted octanol–water partition coefficient (Wildman–Crippen LogP) is 4.05. The van der Waals surface area contributed by atoms with Crippen molar-refractivity contribution in [2.75, 3.05) is 0 Å². The van der Waals surface area contributed by atoms with Gasteiger partial charge < -0.3 is 0 Å². The van der Waals surface area contributed by atoms with E-state index in [9.17, 15) is 0 Å². The highest BCUT2D eigenvalue weighted by Gasteiger charge is 2.13. The van der Waals surface area contributed by atoms with E-state index >= 15 is 0 Å². The summed E-state index contributed by atoms with van der Waals surface area (Å²) in [6.45, 7) is 2.12. The Morgan fingerprint density at radius 1 is 1.00 bits per heavy atom. The van der Waals surface area contributed by atoms with Crippen LogP contribution in [0.2, 0.25) is 0 Å². The van der Waals surface area contributed by atoms with Crippen molar-refractivity contribution in [3.63, 3.8) is 0 Å². The molecular weight excluding hydrogens is 200 g/mol. The lowest BCUT2D eigenvalue weighted by molar-refractivity contribution is 1.02. The molecule has 0 atom stereocenters. The van der Waals surface area contributed by atoms with Gasteiger partial charge in [0.25, 0.3) is 0 Å². The Balaban J connectivity index is 1.87. The van der Waals surface area contributed by atoms with E-state index in [-0.39, 0.29) is 0 Å². The maximum Gasteiger partial charge on any atom is 0.0157 e. The molecule has 2 aromatic rings. The first-order chi connectivity index (χ1) is 7.31. The van der Waals surface area contributed by atoms with Crippen molar-refractivity contribution in [1.82, 2.24) is 0 Å². The summed E-state index contributed by atoms with van der Waals surface area (Å²) in [5.41, 5.74) is 4.29. The molecule has 0 unspecified atom stereocenters. The van der Waals surface area contributed by atoms with Gasteiger partial charge in [0, 0.05) is 9.79 Å². The van der Waals surface area contributed by atoms with Gasteiger partial charge in [-0.2, -0.15) is 0 Å². The molecule has 2 aliphatic carbocycles. The van der Waals surface area contributed by atoms with Crippen LogP contribution in [0.15, 0.2) is 52.3 Å². The second kappa shape index (κ2) is 3.42. The second-order valence-corrected chi connectivity index (χ2v) is 5.15. The van der Waals surface area contributed by atoms with Crippen LogP contribution < -0.4 is 0 Å². The van der Waals surface area contributed by atoms with Crippen LogP contribution in [0.4, 0.5) is 0 Å². The standard InChI is InChI=1S/C14H12S/c1-10-2-5-13(6-3-10)15-14-7-4-11-8-12(14)9-11/h2-8H,9H2,1H3. The Bertz CT molecular complexity index is 493. The van der Waals surface area contributed by atoms with Crippen molar-refractivity contribution in [3.8, 4) is 0 Å². The van der Waals surface area contributed by atoms with E-state index in [2.05, 4.69) is 49.4 Å². The number of rotatable bonds is 2. The Kier molecular flexibility index (Phi) is 2.06. The molecule has 1 heteroatoms. The summed E-state index contributed by atoms with van der Waals surface area (Å²) in [6.07, 6.45) is 1.17. The lowest BCUT2D eigenvalue weighted by atomic mass is 9.94. The molecule has 74 valence electrons. The third-order valence-electron chi connectivity index (χ3n) is 2.77. The molecular formula is C14H12S. The average Bonchev–Trinajstić information content (AvgIpc) is 2.21. The van der Waals surface area contributed by atoms with E-state index in [1.54, 1.807) is 0 Å². The van der Waals surface area contributed by atoms with Crippen molar-refractivity contribution in [2.24, 2.45) is 0 Å². The molecule has 0 heterocycles. The summed E-state index contributed by atoms with van der Waals surface area (Å²) < 4.78 is 0. The topological polar surface area (TPSA) is 0 Å². The molecule has 0 amide bonds. The van der Waals surface area contributed by atoms with Gasteiger partial charge in [0.1, 0.15) is 0 Å². The molecule has 0 aromatic heterocycles. The van der Waals surface area contributed by atoms with E-state index in [1.807, 2.05) is 11.8 Å². The number of fused-ring (bicyclic) bond motifs is 2. The highest BCUT2D eigenvalue weighted by Crippen LogP contribution is 2.36. The number of hydrogen-bond acceptors (Lipinski definition) is 1. The molecule has 2 aliphatic rings. The van der Waals surface area contributed by atoms with Crippen LogP contribution in [-0.2, 0) is 6.42 Å². The molecule has 0 saturated carbocycles. The zero-order valence-corrected chi connectivity index (χ0v) is 9.47. The van der Waals surface area contributed by atoms with E-state index in [0.29, 0.717) is 0 Å². The highest BCUT2D eigenvalue weighted by atomic mass is 32.2. The first-order valence-electron chi connectivity index (χ1n) is 5.17. The second-order valence-electron chi connectivity index (χ2n) is 4.03. The molecule has 0 radical (unpaired) electrons. The number of benzene rings is 2. The Morgan fingerprint density at radius 3 is 2.33 bits per heavy atom. The van der Waals surface area contributed by atoms with Gasteiger partial charge in [0.2, 0.25) is 0 Å². The summed E-state index contributed by atoms with van der Waals surface area (Å²) in [7, 11) is 0. The van der Waals surface area contributed by atoms with Gasteiger partial charge in [-0.15, -0.1) is 0 Å². The fourth-order valence-corrected chi connectivity index (χ4v) is 2.73. The molecule has 0 N–H and O–H groups in total. The molecule has 2 aromatic carbocycles. The molecule has 0 aliphatic heterocycles. The Hall–Kier alpha value is -1.21. The molecule has 2 bridgehead atoms. The lowest BCUT2D eigenvalue weighted by Gasteiger charge is -2.18. The summed E-state index contributed by atoms with van der Waals surface area (Å²) >= 11 is 1.87. The minimum atomic E-state index is 1.17. The smallest absolute Gasteiger partial charge is 0.0157 e. The quantitative estimate of drug-likeness (QED) is 0.617. The monoisotopic (exact) mass is 212 g/mol. The van der Waals surface area contributed by atoms with E-state index in [4.69, 9.17) is 0 Å². The minimum absolute atomic E-state index is 1.17. The zero-order valence-electron chi connectivity index (χ0n) is 8.66. The third kappa shape index (κ3) is 1.68. The van der Waals surface area contributed by atoms with Crippen LogP contribution in [0.5, 0.6) is 0 Å².